The molecule has 1 aliphatic heterocycles. The third-order valence-electron chi connectivity index (χ3n) is 3.00. The molecule has 1 atom stereocenters. The Morgan fingerprint density at radius 3 is 2.57 bits per heavy atom. The van der Waals surface area contributed by atoms with Crippen LogP contribution in [0.15, 0.2) is 35.6 Å². The molecule has 0 spiro atoms. The fraction of sp³-hybridized carbons (Fsp3) is 0.357. The number of rotatable bonds is 4. The summed E-state index contributed by atoms with van der Waals surface area (Å²) < 4.78 is 0. The second kappa shape index (κ2) is 7.39. The van der Waals surface area contributed by atoms with Crippen molar-refractivity contribution in [3.05, 3.63) is 35.6 Å². The Labute approximate surface area is 123 Å². The predicted molar refractivity (Wildman–Crippen MR) is 78.0 cm³/mol. The summed E-state index contributed by atoms with van der Waals surface area (Å²) in [7, 11) is 0. The molecule has 114 valence electrons. The van der Waals surface area contributed by atoms with E-state index in [2.05, 4.69) is 5.32 Å². The number of hydrogen-bond acceptors (Lipinski definition) is 5. The van der Waals surface area contributed by atoms with Crippen molar-refractivity contribution in [3.63, 3.8) is 0 Å². The Morgan fingerprint density at radius 2 is 2.05 bits per heavy atom. The summed E-state index contributed by atoms with van der Waals surface area (Å²) in [6.45, 7) is 3.41. The van der Waals surface area contributed by atoms with Crippen LogP contribution >= 0.6 is 0 Å². The van der Waals surface area contributed by atoms with E-state index in [4.69, 9.17) is 11.6 Å². The quantitative estimate of drug-likeness (QED) is 0.166. The topological polar surface area (TPSA) is 119 Å². The molecule has 3 amide bonds. The molecule has 0 bridgehead atoms. The summed E-state index contributed by atoms with van der Waals surface area (Å²) in [6.07, 6.45) is 7.06. The van der Waals surface area contributed by atoms with Crippen molar-refractivity contribution in [1.29, 1.82) is 0 Å². The minimum Gasteiger partial charge on any atom is -0.402 e. The van der Waals surface area contributed by atoms with E-state index in [-0.39, 0.29) is 24.3 Å². The van der Waals surface area contributed by atoms with Gasteiger partial charge in [0.15, 0.2) is 0 Å². The Bertz CT molecular complexity index is 530. The van der Waals surface area contributed by atoms with Gasteiger partial charge in [0.1, 0.15) is 6.04 Å². The fourth-order valence-corrected chi connectivity index (χ4v) is 1.86. The average Bonchev–Trinajstić information content (AvgIpc) is 2.42. The number of hydrogen-bond donors (Lipinski definition) is 3. The highest BCUT2D eigenvalue weighted by molar-refractivity contribution is 6.04. The second-order valence-electron chi connectivity index (χ2n) is 4.66. The lowest BCUT2D eigenvalue weighted by Gasteiger charge is -2.29. The third kappa shape index (κ3) is 4.28. The van der Waals surface area contributed by atoms with Gasteiger partial charge >= 0.3 is 0 Å². The molecule has 0 saturated carbocycles. The number of amides is 3. The molecular formula is C14H20N4O3. The maximum atomic E-state index is 12.3. The van der Waals surface area contributed by atoms with Gasteiger partial charge in [-0.25, -0.2) is 5.84 Å². The van der Waals surface area contributed by atoms with Gasteiger partial charge in [-0.2, -0.15) is 0 Å². The van der Waals surface area contributed by atoms with Crippen LogP contribution in [0.2, 0.25) is 0 Å². The van der Waals surface area contributed by atoms with Crippen molar-refractivity contribution in [2.24, 2.45) is 11.6 Å². The molecule has 1 aliphatic rings. The van der Waals surface area contributed by atoms with Crippen LogP contribution in [0.5, 0.6) is 0 Å². The molecule has 0 aromatic rings. The zero-order chi connectivity index (χ0) is 16.0. The lowest BCUT2D eigenvalue weighted by molar-refractivity contribution is -0.144. The lowest BCUT2D eigenvalue weighted by Crippen LogP contribution is -2.57. The number of imide groups is 1. The van der Waals surface area contributed by atoms with Gasteiger partial charge in [0, 0.05) is 12.1 Å². The number of nitrogens with two attached hydrogens (primary N) is 2. The Hall–Kier alpha value is -2.41. The van der Waals surface area contributed by atoms with E-state index in [0.717, 1.165) is 5.01 Å². The van der Waals surface area contributed by atoms with Gasteiger partial charge in [-0.05, 0) is 26.3 Å². The summed E-state index contributed by atoms with van der Waals surface area (Å²) >= 11 is 0. The summed E-state index contributed by atoms with van der Waals surface area (Å²) in [5, 5.41) is 2.98. The molecule has 1 unspecified atom stereocenters. The van der Waals surface area contributed by atoms with Gasteiger partial charge in [0.2, 0.25) is 5.91 Å². The first-order valence-electron chi connectivity index (χ1n) is 6.56. The molecule has 1 fully saturated rings. The fourth-order valence-electron chi connectivity index (χ4n) is 1.86. The number of allylic oxidation sites excluding steroid dienone is 4. The van der Waals surface area contributed by atoms with Gasteiger partial charge in [0.25, 0.3) is 11.8 Å². The van der Waals surface area contributed by atoms with Crippen molar-refractivity contribution in [2.75, 3.05) is 0 Å². The van der Waals surface area contributed by atoms with E-state index in [1.807, 2.05) is 6.92 Å². The van der Waals surface area contributed by atoms with Crippen LogP contribution in [0.4, 0.5) is 0 Å². The van der Waals surface area contributed by atoms with E-state index in [1.54, 1.807) is 25.2 Å². The van der Waals surface area contributed by atoms with Crippen LogP contribution < -0.4 is 16.9 Å². The molecule has 0 aromatic heterocycles. The van der Waals surface area contributed by atoms with Gasteiger partial charge in [0.05, 0.1) is 5.57 Å². The molecule has 21 heavy (non-hydrogen) atoms. The normalized spacial score (nSPS) is 20.6. The maximum Gasteiger partial charge on any atom is 0.270 e. The Balaban J connectivity index is 2.92. The smallest absolute Gasteiger partial charge is 0.270 e. The van der Waals surface area contributed by atoms with Gasteiger partial charge in [-0.15, -0.1) is 0 Å². The van der Waals surface area contributed by atoms with Crippen molar-refractivity contribution in [3.8, 4) is 0 Å². The summed E-state index contributed by atoms with van der Waals surface area (Å²) in [5.74, 6) is 4.24. The van der Waals surface area contributed by atoms with E-state index in [1.165, 1.54) is 6.08 Å². The molecule has 1 saturated heterocycles. The highest BCUT2D eigenvalue weighted by Crippen LogP contribution is 2.13. The van der Waals surface area contributed by atoms with E-state index >= 15 is 0 Å². The summed E-state index contributed by atoms with van der Waals surface area (Å²) in [5.41, 5.74) is 6.19. The molecule has 1 heterocycles. The Morgan fingerprint density at radius 1 is 1.38 bits per heavy atom. The number of nitrogens with one attached hydrogen (secondary N) is 1. The van der Waals surface area contributed by atoms with Crippen LogP contribution in [-0.4, -0.2) is 28.8 Å². The number of carbonyl (C=O) groups is 3. The SMILES string of the molecule is C\C=C/C=C\C(C(=O)N(N)C1CCC(=O)NC1=O)=C(/C)N. The molecule has 7 nitrogen and oxygen atoms in total. The van der Waals surface area contributed by atoms with Crippen LogP contribution in [0.3, 0.4) is 0 Å². The van der Waals surface area contributed by atoms with E-state index < -0.39 is 17.9 Å². The highest BCUT2D eigenvalue weighted by Gasteiger charge is 2.33. The molecule has 0 radical (unpaired) electrons. The number of piperidine rings is 1. The summed E-state index contributed by atoms with van der Waals surface area (Å²) in [6, 6.07) is -0.875. The maximum absolute atomic E-state index is 12.3. The zero-order valence-electron chi connectivity index (χ0n) is 12.1. The highest BCUT2D eigenvalue weighted by atomic mass is 16.2. The monoisotopic (exact) mass is 292 g/mol. The van der Waals surface area contributed by atoms with Crippen LogP contribution in [0.25, 0.3) is 0 Å². The minimum absolute atomic E-state index is 0.145. The van der Waals surface area contributed by atoms with Crippen molar-refractivity contribution in [1.82, 2.24) is 10.3 Å². The first-order chi connectivity index (χ1) is 9.88. The van der Waals surface area contributed by atoms with Crippen LogP contribution in [0, 0.1) is 0 Å². The van der Waals surface area contributed by atoms with Crippen molar-refractivity contribution >= 4 is 17.7 Å². The number of hydrazine groups is 1. The third-order valence-corrected chi connectivity index (χ3v) is 3.00. The molecule has 0 aromatic carbocycles. The first-order valence-corrected chi connectivity index (χ1v) is 6.56. The first kappa shape index (κ1) is 16.6. The molecule has 0 aliphatic carbocycles. The number of nitrogens with zero attached hydrogens (tertiary/aromatic N) is 1. The lowest BCUT2D eigenvalue weighted by atomic mass is 10.0. The van der Waals surface area contributed by atoms with Crippen molar-refractivity contribution in [2.45, 2.75) is 32.7 Å². The standard InChI is InChI=1S/C14H20N4O3/c1-3-4-5-6-10(9(2)15)14(21)18(16)11-7-8-12(19)17-13(11)20/h3-6,11H,7-8,15-16H2,1-2H3,(H,17,19,20)/b4-3-,6-5-,10-9-. The van der Waals surface area contributed by atoms with Crippen LogP contribution in [-0.2, 0) is 14.4 Å². The summed E-state index contributed by atoms with van der Waals surface area (Å²) in [4.78, 5) is 35.2. The molecule has 7 heteroatoms. The largest absolute Gasteiger partial charge is 0.402 e. The van der Waals surface area contributed by atoms with Crippen LogP contribution in [0.1, 0.15) is 26.7 Å². The number of carbonyl (C=O) groups excluding carboxylic acids is 3. The van der Waals surface area contributed by atoms with E-state index in [0.29, 0.717) is 5.70 Å². The average molecular weight is 292 g/mol. The molecular weight excluding hydrogens is 272 g/mol. The Kier molecular flexibility index (Phi) is 5.86. The minimum atomic E-state index is -0.875. The predicted octanol–water partition coefficient (Wildman–Crippen LogP) is -0.141. The van der Waals surface area contributed by atoms with E-state index in [9.17, 15) is 14.4 Å². The zero-order valence-corrected chi connectivity index (χ0v) is 12.1. The second-order valence-corrected chi connectivity index (χ2v) is 4.66. The molecule has 5 N–H and O–H groups in total. The van der Waals surface area contributed by atoms with Gasteiger partial charge in [-0.3, -0.25) is 24.7 Å². The van der Waals surface area contributed by atoms with Crippen molar-refractivity contribution < 1.29 is 14.4 Å². The van der Waals surface area contributed by atoms with Gasteiger partial charge < -0.3 is 5.73 Å². The van der Waals surface area contributed by atoms with Gasteiger partial charge in [-0.1, -0.05) is 18.2 Å². The molecule has 1 rings (SSSR count).